The van der Waals surface area contributed by atoms with Crippen molar-refractivity contribution in [2.24, 2.45) is 0 Å². The monoisotopic (exact) mass is 214 g/mol. The minimum Gasteiger partial charge on any atom is -0.346 e. The molecule has 0 saturated heterocycles. The molecule has 0 bridgehead atoms. The van der Waals surface area contributed by atoms with E-state index in [1.54, 1.807) is 0 Å². The Morgan fingerprint density at radius 1 is 1.31 bits per heavy atom. The van der Waals surface area contributed by atoms with Gasteiger partial charge in [-0.2, -0.15) is 0 Å². The van der Waals surface area contributed by atoms with Crippen LogP contribution in [0.3, 0.4) is 0 Å². The highest BCUT2D eigenvalue weighted by atomic mass is 14.8. The standard InChI is InChI=1S/C14H18N2/c1-14(2,3)12-8-16-13-11(12)6-10(7-15-13)9-4-5-9/h6-9H,4-5H2,1-3H3,(H,15,16). The zero-order valence-corrected chi connectivity index (χ0v) is 10.2. The maximum absolute atomic E-state index is 4.52. The van der Waals surface area contributed by atoms with Gasteiger partial charge in [-0.15, -0.1) is 0 Å². The quantitative estimate of drug-likeness (QED) is 0.769. The van der Waals surface area contributed by atoms with Crippen molar-refractivity contribution in [3.8, 4) is 0 Å². The number of nitrogens with zero attached hydrogens (tertiary/aromatic N) is 1. The third-order valence-electron chi connectivity index (χ3n) is 3.41. The Hall–Kier alpha value is -1.31. The molecule has 2 heterocycles. The fourth-order valence-corrected chi connectivity index (χ4v) is 2.28. The Labute approximate surface area is 96.1 Å². The maximum atomic E-state index is 4.52. The lowest BCUT2D eigenvalue weighted by Crippen LogP contribution is -2.10. The van der Waals surface area contributed by atoms with Crippen LogP contribution < -0.4 is 0 Å². The average molecular weight is 214 g/mol. The van der Waals surface area contributed by atoms with Gasteiger partial charge in [0, 0.05) is 17.8 Å². The van der Waals surface area contributed by atoms with Crippen molar-refractivity contribution in [3.05, 3.63) is 29.6 Å². The summed E-state index contributed by atoms with van der Waals surface area (Å²) in [7, 11) is 0. The van der Waals surface area contributed by atoms with Gasteiger partial charge in [0.15, 0.2) is 0 Å². The van der Waals surface area contributed by atoms with Gasteiger partial charge in [-0.3, -0.25) is 0 Å². The molecule has 3 rings (SSSR count). The topological polar surface area (TPSA) is 28.7 Å². The van der Waals surface area contributed by atoms with Crippen molar-refractivity contribution in [3.63, 3.8) is 0 Å². The fraction of sp³-hybridized carbons (Fsp3) is 0.500. The second-order valence-electron chi connectivity index (χ2n) is 5.89. The average Bonchev–Trinajstić information content (AvgIpc) is 2.95. The van der Waals surface area contributed by atoms with Crippen molar-refractivity contribution in [1.82, 2.24) is 9.97 Å². The molecule has 1 fully saturated rings. The molecule has 0 atom stereocenters. The smallest absolute Gasteiger partial charge is 0.137 e. The molecule has 84 valence electrons. The second-order valence-corrected chi connectivity index (χ2v) is 5.89. The van der Waals surface area contributed by atoms with Crippen LogP contribution in [0.1, 0.15) is 50.7 Å². The predicted molar refractivity (Wildman–Crippen MR) is 66.8 cm³/mol. The predicted octanol–water partition coefficient (Wildman–Crippen LogP) is 3.74. The van der Waals surface area contributed by atoms with Crippen molar-refractivity contribution in [1.29, 1.82) is 0 Å². The lowest BCUT2D eigenvalue weighted by atomic mass is 9.87. The molecule has 1 aliphatic rings. The molecule has 0 unspecified atom stereocenters. The molecular formula is C14H18N2. The van der Waals surface area contributed by atoms with Crippen LogP contribution in [0.2, 0.25) is 0 Å². The molecule has 2 heteroatoms. The number of nitrogens with one attached hydrogen (secondary N) is 1. The van der Waals surface area contributed by atoms with Gasteiger partial charge in [-0.25, -0.2) is 4.98 Å². The summed E-state index contributed by atoms with van der Waals surface area (Å²) in [4.78, 5) is 7.79. The summed E-state index contributed by atoms with van der Waals surface area (Å²) >= 11 is 0. The number of aromatic nitrogens is 2. The van der Waals surface area contributed by atoms with Crippen LogP contribution in [-0.2, 0) is 5.41 Å². The largest absolute Gasteiger partial charge is 0.346 e. The third kappa shape index (κ3) is 1.53. The number of aromatic amines is 1. The number of fused-ring (bicyclic) bond motifs is 1. The Morgan fingerprint density at radius 2 is 2.06 bits per heavy atom. The Bertz CT molecular complexity index is 527. The van der Waals surface area contributed by atoms with E-state index in [-0.39, 0.29) is 5.41 Å². The van der Waals surface area contributed by atoms with Crippen LogP contribution in [0.5, 0.6) is 0 Å². The van der Waals surface area contributed by atoms with Gasteiger partial charge in [0.25, 0.3) is 0 Å². The van der Waals surface area contributed by atoms with Crippen molar-refractivity contribution in [2.75, 3.05) is 0 Å². The summed E-state index contributed by atoms with van der Waals surface area (Å²) in [6.45, 7) is 6.75. The van der Waals surface area contributed by atoms with E-state index >= 15 is 0 Å². The zero-order chi connectivity index (χ0) is 11.3. The molecule has 1 saturated carbocycles. The fourth-order valence-electron chi connectivity index (χ4n) is 2.28. The lowest BCUT2D eigenvalue weighted by molar-refractivity contribution is 0.596. The first kappa shape index (κ1) is 9.88. The maximum Gasteiger partial charge on any atom is 0.137 e. The van der Waals surface area contributed by atoms with E-state index in [0.717, 1.165) is 11.6 Å². The van der Waals surface area contributed by atoms with E-state index in [0.29, 0.717) is 0 Å². The van der Waals surface area contributed by atoms with E-state index in [1.807, 2.05) is 6.20 Å². The second kappa shape index (κ2) is 3.09. The van der Waals surface area contributed by atoms with Crippen LogP contribution >= 0.6 is 0 Å². The van der Waals surface area contributed by atoms with Gasteiger partial charge in [0.05, 0.1) is 0 Å². The summed E-state index contributed by atoms with van der Waals surface area (Å²) in [6, 6.07) is 2.33. The molecule has 1 N–H and O–H groups in total. The van der Waals surface area contributed by atoms with Crippen LogP contribution in [-0.4, -0.2) is 9.97 Å². The lowest BCUT2D eigenvalue weighted by Gasteiger charge is -2.17. The first-order valence-electron chi connectivity index (χ1n) is 6.03. The van der Waals surface area contributed by atoms with Gasteiger partial charge >= 0.3 is 0 Å². The zero-order valence-electron chi connectivity index (χ0n) is 10.2. The number of pyridine rings is 1. The highest BCUT2D eigenvalue weighted by Gasteiger charge is 2.25. The first-order chi connectivity index (χ1) is 7.55. The van der Waals surface area contributed by atoms with Crippen LogP contribution in [0, 0.1) is 0 Å². The molecule has 2 aromatic heterocycles. The number of rotatable bonds is 1. The Morgan fingerprint density at radius 3 is 2.69 bits per heavy atom. The van der Waals surface area contributed by atoms with E-state index in [4.69, 9.17) is 0 Å². The van der Waals surface area contributed by atoms with Gasteiger partial charge in [-0.05, 0) is 41.4 Å². The van der Waals surface area contributed by atoms with Crippen LogP contribution in [0.25, 0.3) is 11.0 Å². The van der Waals surface area contributed by atoms with Crippen molar-refractivity contribution < 1.29 is 0 Å². The van der Waals surface area contributed by atoms with Crippen LogP contribution in [0.15, 0.2) is 18.5 Å². The van der Waals surface area contributed by atoms with Crippen LogP contribution in [0.4, 0.5) is 0 Å². The first-order valence-corrected chi connectivity index (χ1v) is 6.03. The summed E-state index contributed by atoms with van der Waals surface area (Å²) in [5.41, 5.74) is 3.99. The minimum absolute atomic E-state index is 0.183. The molecular weight excluding hydrogens is 196 g/mol. The number of hydrogen-bond acceptors (Lipinski definition) is 1. The highest BCUT2D eigenvalue weighted by Crippen LogP contribution is 2.41. The Balaban J connectivity index is 2.19. The van der Waals surface area contributed by atoms with Gasteiger partial charge in [0.1, 0.15) is 5.65 Å². The molecule has 0 aliphatic heterocycles. The van der Waals surface area contributed by atoms with Crippen molar-refractivity contribution >= 4 is 11.0 Å². The molecule has 16 heavy (non-hydrogen) atoms. The van der Waals surface area contributed by atoms with Gasteiger partial charge in [0.2, 0.25) is 0 Å². The molecule has 0 spiro atoms. The molecule has 0 amide bonds. The molecule has 0 radical (unpaired) electrons. The van der Waals surface area contributed by atoms with Crippen molar-refractivity contribution in [2.45, 2.75) is 44.9 Å². The summed E-state index contributed by atoms with van der Waals surface area (Å²) < 4.78 is 0. The normalized spacial score (nSPS) is 16.9. The molecule has 1 aliphatic carbocycles. The Kier molecular flexibility index (Phi) is 1.91. The van der Waals surface area contributed by atoms with E-state index in [2.05, 4.69) is 43.0 Å². The summed E-state index contributed by atoms with van der Waals surface area (Å²) in [5.74, 6) is 0.777. The SMILES string of the molecule is CC(C)(C)c1c[nH]c2ncc(C3CC3)cc12. The van der Waals surface area contributed by atoms with E-state index in [9.17, 15) is 0 Å². The van der Waals surface area contributed by atoms with Gasteiger partial charge < -0.3 is 4.98 Å². The van der Waals surface area contributed by atoms with Gasteiger partial charge in [-0.1, -0.05) is 20.8 Å². The third-order valence-corrected chi connectivity index (χ3v) is 3.41. The van der Waals surface area contributed by atoms with E-state index < -0.39 is 0 Å². The minimum atomic E-state index is 0.183. The molecule has 0 aromatic carbocycles. The summed E-state index contributed by atoms with van der Waals surface area (Å²) in [5, 5.41) is 1.30. The molecule has 2 aromatic rings. The number of hydrogen-bond donors (Lipinski definition) is 1. The van der Waals surface area contributed by atoms with E-state index in [1.165, 1.54) is 29.4 Å². The molecule has 2 nitrogen and oxygen atoms in total. The summed E-state index contributed by atoms with van der Waals surface area (Å²) in [6.07, 6.45) is 6.81. The highest BCUT2D eigenvalue weighted by molar-refractivity contribution is 5.81. The number of H-pyrrole nitrogens is 1.